The summed E-state index contributed by atoms with van der Waals surface area (Å²) >= 11 is -2.11. The fourth-order valence-corrected chi connectivity index (χ4v) is 6.11. The molecule has 0 spiro atoms. The van der Waals surface area contributed by atoms with Gasteiger partial charge in [-0.3, -0.25) is 0 Å². The fourth-order valence-electron chi connectivity index (χ4n) is 2.33. The molecule has 0 aliphatic carbocycles. The molecular formula is C16H34OZr. The van der Waals surface area contributed by atoms with Gasteiger partial charge in [0.15, 0.2) is 0 Å². The minimum absolute atomic E-state index is 1.11. The third-order valence-corrected chi connectivity index (χ3v) is 8.10. The maximum absolute atomic E-state index is 11.9. The molecule has 0 aliphatic rings. The van der Waals surface area contributed by atoms with Gasteiger partial charge in [0.25, 0.3) is 0 Å². The third-order valence-electron chi connectivity index (χ3n) is 3.62. The molecule has 0 radical (unpaired) electrons. The van der Waals surface area contributed by atoms with Gasteiger partial charge >= 0.3 is 124 Å². The van der Waals surface area contributed by atoms with Crippen LogP contribution < -0.4 is 0 Å². The van der Waals surface area contributed by atoms with E-state index in [2.05, 4.69) is 13.8 Å². The van der Waals surface area contributed by atoms with Crippen molar-refractivity contribution in [2.24, 2.45) is 0 Å². The molecule has 0 unspecified atom stereocenters. The van der Waals surface area contributed by atoms with Gasteiger partial charge < -0.3 is 0 Å². The normalized spacial score (nSPS) is 10.8. The second kappa shape index (κ2) is 15.7. The van der Waals surface area contributed by atoms with Gasteiger partial charge in [-0.1, -0.05) is 0 Å². The quantitative estimate of drug-likeness (QED) is 0.331. The average Bonchev–Trinajstić information content (AvgIpc) is 2.38. The zero-order chi connectivity index (χ0) is 13.5. The Morgan fingerprint density at radius 3 is 1.28 bits per heavy atom. The molecule has 0 bridgehead atoms. The molecule has 0 heterocycles. The Morgan fingerprint density at radius 2 is 0.889 bits per heavy atom. The number of unbranched alkanes of at least 4 members (excludes halogenated alkanes) is 10. The van der Waals surface area contributed by atoms with Crippen LogP contribution in [-0.4, -0.2) is 0 Å². The van der Waals surface area contributed by atoms with Gasteiger partial charge in [-0.25, -0.2) is 0 Å². The van der Waals surface area contributed by atoms with Crippen LogP contribution in [0.1, 0.15) is 90.9 Å². The number of hydrogen-bond donors (Lipinski definition) is 0. The van der Waals surface area contributed by atoms with E-state index in [0.29, 0.717) is 0 Å². The predicted octanol–water partition coefficient (Wildman–Crippen LogP) is 6.51. The van der Waals surface area contributed by atoms with Crippen molar-refractivity contribution in [3.8, 4) is 0 Å². The first-order valence-corrected chi connectivity index (χ1v) is 12.8. The summed E-state index contributed by atoms with van der Waals surface area (Å²) in [6.45, 7) is 4.51. The summed E-state index contributed by atoms with van der Waals surface area (Å²) in [5.41, 5.74) is 0. The second-order valence-electron chi connectivity index (χ2n) is 5.57. The Kier molecular flexibility index (Phi) is 16.3. The standard InChI is InChI=1S/2C8H17.O.Zr/c2*1-3-5-7-8-6-4-2;;/h2*1,3-8H2,2H3;;. The number of rotatable bonds is 14. The van der Waals surface area contributed by atoms with E-state index in [1.807, 2.05) is 0 Å². The van der Waals surface area contributed by atoms with Gasteiger partial charge in [-0.15, -0.1) is 0 Å². The van der Waals surface area contributed by atoms with Crippen molar-refractivity contribution in [3.05, 3.63) is 0 Å². The van der Waals surface area contributed by atoms with Gasteiger partial charge in [0.05, 0.1) is 0 Å². The monoisotopic (exact) mass is 332 g/mol. The molecule has 0 aromatic rings. The van der Waals surface area contributed by atoms with Crippen LogP contribution in [0.25, 0.3) is 0 Å². The van der Waals surface area contributed by atoms with Gasteiger partial charge in [-0.05, 0) is 0 Å². The molecule has 0 amide bonds. The van der Waals surface area contributed by atoms with E-state index in [9.17, 15) is 2.81 Å². The molecule has 108 valence electrons. The van der Waals surface area contributed by atoms with Crippen LogP contribution in [0.4, 0.5) is 0 Å². The SMILES string of the molecule is CCCCCCC[CH2][Zr](=[O])[CH2]CCCCCCC. The van der Waals surface area contributed by atoms with Crippen LogP contribution in [0, 0.1) is 0 Å². The molecular weight excluding hydrogens is 299 g/mol. The molecule has 2 heteroatoms. The molecule has 0 aromatic heterocycles. The Morgan fingerprint density at radius 1 is 0.556 bits per heavy atom. The molecule has 1 nitrogen and oxygen atoms in total. The topological polar surface area (TPSA) is 17.1 Å². The summed E-state index contributed by atoms with van der Waals surface area (Å²) < 4.78 is 14.1. The van der Waals surface area contributed by atoms with E-state index in [-0.39, 0.29) is 0 Å². The van der Waals surface area contributed by atoms with E-state index in [0.717, 1.165) is 8.26 Å². The van der Waals surface area contributed by atoms with Crippen molar-refractivity contribution >= 4 is 0 Å². The van der Waals surface area contributed by atoms with Crippen molar-refractivity contribution in [3.63, 3.8) is 0 Å². The first kappa shape index (κ1) is 18.7. The second-order valence-corrected chi connectivity index (χ2v) is 10.7. The maximum atomic E-state index is 11.9. The molecule has 18 heavy (non-hydrogen) atoms. The van der Waals surface area contributed by atoms with Gasteiger partial charge in [0.1, 0.15) is 0 Å². The Labute approximate surface area is 123 Å². The van der Waals surface area contributed by atoms with Crippen molar-refractivity contribution in [1.29, 1.82) is 0 Å². The average molecular weight is 334 g/mol. The summed E-state index contributed by atoms with van der Waals surface area (Å²) in [6.07, 6.45) is 16.0. The van der Waals surface area contributed by atoms with Crippen molar-refractivity contribution in [2.45, 2.75) is 99.2 Å². The Hall–Kier alpha value is 0.683. The first-order chi connectivity index (χ1) is 8.81. The summed E-state index contributed by atoms with van der Waals surface area (Å²) in [7, 11) is 0. The molecule has 0 fully saturated rings. The molecule has 0 aliphatic heterocycles. The Balaban J connectivity index is 3.12. The van der Waals surface area contributed by atoms with E-state index in [1.165, 1.54) is 77.0 Å². The van der Waals surface area contributed by atoms with Gasteiger partial charge in [-0.2, -0.15) is 0 Å². The third kappa shape index (κ3) is 14.7. The van der Waals surface area contributed by atoms with E-state index in [4.69, 9.17) is 0 Å². The molecule has 0 saturated carbocycles. The summed E-state index contributed by atoms with van der Waals surface area (Å²) in [6, 6.07) is 0. The van der Waals surface area contributed by atoms with Crippen molar-refractivity contribution < 1.29 is 24.6 Å². The van der Waals surface area contributed by atoms with Crippen LogP contribution >= 0.6 is 0 Å². The van der Waals surface area contributed by atoms with E-state index in [1.54, 1.807) is 0 Å². The van der Waals surface area contributed by atoms with Crippen LogP contribution in [0.15, 0.2) is 0 Å². The van der Waals surface area contributed by atoms with Crippen molar-refractivity contribution in [2.75, 3.05) is 0 Å². The zero-order valence-corrected chi connectivity index (χ0v) is 15.3. The molecule has 0 atom stereocenters. The molecule has 0 saturated heterocycles. The predicted molar refractivity (Wildman–Crippen MR) is 77.1 cm³/mol. The van der Waals surface area contributed by atoms with Gasteiger partial charge in [0.2, 0.25) is 0 Å². The van der Waals surface area contributed by atoms with Crippen molar-refractivity contribution in [1.82, 2.24) is 0 Å². The van der Waals surface area contributed by atoms with Crippen LogP contribution in [0.3, 0.4) is 0 Å². The van der Waals surface area contributed by atoms with E-state index < -0.39 is 21.8 Å². The van der Waals surface area contributed by atoms with E-state index >= 15 is 0 Å². The minimum atomic E-state index is -2.11. The molecule has 0 aromatic carbocycles. The first-order valence-electron chi connectivity index (χ1n) is 8.33. The summed E-state index contributed by atoms with van der Waals surface area (Å²) in [5, 5.41) is 0. The summed E-state index contributed by atoms with van der Waals surface area (Å²) in [4.78, 5) is 0. The van der Waals surface area contributed by atoms with Crippen LogP contribution in [-0.2, 0) is 24.6 Å². The molecule has 0 N–H and O–H groups in total. The fraction of sp³-hybridized carbons (Fsp3) is 1.00. The molecule has 0 rings (SSSR count). The van der Waals surface area contributed by atoms with Gasteiger partial charge in [0, 0.05) is 0 Å². The number of hydrogen-bond acceptors (Lipinski definition) is 1. The van der Waals surface area contributed by atoms with Crippen LogP contribution in [0.5, 0.6) is 0 Å². The van der Waals surface area contributed by atoms with Crippen LogP contribution in [0.2, 0.25) is 8.26 Å². The zero-order valence-electron chi connectivity index (χ0n) is 12.8. The Bertz CT molecular complexity index is 162. The summed E-state index contributed by atoms with van der Waals surface area (Å²) in [5.74, 6) is 0.